The number of aliphatic hydroxyl groups is 3. The van der Waals surface area contributed by atoms with Crippen LogP contribution >= 0.6 is 0 Å². The first-order chi connectivity index (χ1) is 16.9. The standard InChI is InChI=1S/C27H30O8/c1-17-4-9-20(10-5-17)34-24(15-28)26(30)18-6-11-21(12-7-18)35-25(16-29)27(31)19-8-13-22(32-2)23(14-19)33-3/h4-14,24-26,28-30H,15-16H2,1-3H3/t24-,25+,26+/m0/s1. The number of benzene rings is 3. The largest absolute Gasteiger partial charge is 0.493 e. The smallest absolute Gasteiger partial charge is 0.205 e. The minimum Gasteiger partial charge on any atom is -0.493 e. The SMILES string of the molecule is COc1ccc(C(=O)[C@@H](CO)Oc2ccc([C@@H](O)[C@H](CO)Oc3ccc(C)cc3)cc2)cc1OC. The number of Topliss-reactive ketones (excluding diaryl/α,β-unsaturated/α-hetero) is 1. The number of hydrogen-bond donors (Lipinski definition) is 3. The molecule has 0 saturated carbocycles. The second kappa shape index (κ2) is 12.2. The molecule has 0 bridgehead atoms. The number of carbonyl (C=O) groups is 1. The summed E-state index contributed by atoms with van der Waals surface area (Å²) in [4.78, 5) is 12.9. The number of aliphatic hydroxyl groups excluding tert-OH is 3. The van der Waals surface area contributed by atoms with Crippen LogP contribution in [0.15, 0.2) is 66.7 Å². The minimum absolute atomic E-state index is 0.299. The lowest BCUT2D eigenvalue weighted by Gasteiger charge is -2.23. The van der Waals surface area contributed by atoms with Crippen LogP contribution in [0.2, 0.25) is 0 Å². The molecule has 0 aliphatic heterocycles. The van der Waals surface area contributed by atoms with Crippen molar-refractivity contribution in [2.75, 3.05) is 27.4 Å². The molecule has 3 atom stereocenters. The van der Waals surface area contributed by atoms with E-state index in [0.717, 1.165) is 5.56 Å². The van der Waals surface area contributed by atoms with Gasteiger partial charge in [-0.2, -0.15) is 0 Å². The summed E-state index contributed by atoms with van der Waals surface area (Å²) in [6, 6.07) is 18.4. The summed E-state index contributed by atoms with van der Waals surface area (Å²) < 4.78 is 21.9. The zero-order valence-corrected chi connectivity index (χ0v) is 19.9. The van der Waals surface area contributed by atoms with Crippen molar-refractivity contribution in [2.45, 2.75) is 25.2 Å². The normalized spacial score (nSPS) is 13.4. The topological polar surface area (TPSA) is 115 Å². The zero-order chi connectivity index (χ0) is 25.4. The summed E-state index contributed by atoms with van der Waals surface area (Å²) in [5.74, 6) is 1.30. The molecule has 186 valence electrons. The lowest BCUT2D eigenvalue weighted by molar-refractivity contribution is 0.000725. The van der Waals surface area contributed by atoms with E-state index in [-0.39, 0.29) is 6.61 Å². The van der Waals surface area contributed by atoms with Gasteiger partial charge < -0.3 is 34.3 Å². The number of carbonyl (C=O) groups excluding carboxylic acids is 1. The maximum absolute atomic E-state index is 12.9. The van der Waals surface area contributed by atoms with Crippen LogP contribution in [0, 0.1) is 6.92 Å². The summed E-state index contributed by atoms with van der Waals surface area (Å²) in [5.41, 5.74) is 1.86. The van der Waals surface area contributed by atoms with Gasteiger partial charge in [0.05, 0.1) is 27.4 Å². The molecule has 0 unspecified atom stereocenters. The summed E-state index contributed by atoms with van der Waals surface area (Å²) >= 11 is 0. The molecule has 0 aromatic heterocycles. The van der Waals surface area contributed by atoms with Gasteiger partial charge in [0.2, 0.25) is 5.78 Å². The Kier molecular flexibility index (Phi) is 9.08. The van der Waals surface area contributed by atoms with Gasteiger partial charge in [-0.25, -0.2) is 0 Å². The third-order valence-corrected chi connectivity index (χ3v) is 5.47. The van der Waals surface area contributed by atoms with Gasteiger partial charge in [0, 0.05) is 5.56 Å². The quantitative estimate of drug-likeness (QED) is 0.338. The third kappa shape index (κ3) is 6.51. The molecule has 3 aromatic carbocycles. The number of rotatable bonds is 12. The second-order valence-corrected chi connectivity index (χ2v) is 7.89. The molecule has 8 heteroatoms. The number of aryl methyl sites for hydroxylation is 1. The van der Waals surface area contributed by atoms with Crippen LogP contribution in [-0.4, -0.2) is 60.7 Å². The van der Waals surface area contributed by atoms with Crippen LogP contribution in [0.25, 0.3) is 0 Å². The van der Waals surface area contributed by atoms with Crippen LogP contribution < -0.4 is 18.9 Å². The summed E-state index contributed by atoms with van der Waals surface area (Å²) in [6.45, 7) is 1.03. The lowest BCUT2D eigenvalue weighted by atomic mass is 10.0. The van der Waals surface area contributed by atoms with Gasteiger partial charge in [-0.15, -0.1) is 0 Å². The van der Waals surface area contributed by atoms with E-state index in [1.807, 2.05) is 19.1 Å². The number of methoxy groups -OCH3 is 2. The van der Waals surface area contributed by atoms with Crippen LogP contribution in [0.4, 0.5) is 0 Å². The van der Waals surface area contributed by atoms with Crippen molar-refractivity contribution in [3.8, 4) is 23.0 Å². The number of ketones is 1. The van der Waals surface area contributed by atoms with Gasteiger partial charge in [0.15, 0.2) is 23.7 Å². The molecule has 0 saturated heterocycles. The van der Waals surface area contributed by atoms with E-state index in [2.05, 4.69) is 0 Å². The Balaban J connectivity index is 1.68. The second-order valence-electron chi connectivity index (χ2n) is 7.89. The number of ether oxygens (including phenoxy) is 4. The van der Waals surface area contributed by atoms with Crippen molar-refractivity contribution < 1.29 is 39.1 Å². The van der Waals surface area contributed by atoms with Gasteiger partial charge in [-0.1, -0.05) is 29.8 Å². The van der Waals surface area contributed by atoms with Gasteiger partial charge in [0.1, 0.15) is 17.6 Å². The van der Waals surface area contributed by atoms with Gasteiger partial charge in [-0.05, 0) is 55.0 Å². The molecule has 0 heterocycles. The van der Waals surface area contributed by atoms with Gasteiger partial charge in [0.25, 0.3) is 0 Å². The maximum atomic E-state index is 12.9. The zero-order valence-electron chi connectivity index (χ0n) is 19.9. The monoisotopic (exact) mass is 482 g/mol. The highest BCUT2D eigenvalue weighted by Gasteiger charge is 2.25. The molecule has 0 spiro atoms. The number of hydrogen-bond acceptors (Lipinski definition) is 8. The van der Waals surface area contributed by atoms with Gasteiger partial charge >= 0.3 is 0 Å². The molecule has 35 heavy (non-hydrogen) atoms. The Hall–Kier alpha value is -3.59. The first-order valence-electron chi connectivity index (χ1n) is 11.1. The first-order valence-corrected chi connectivity index (χ1v) is 11.1. The van der Waals surface area contributed by atoms with Crippen LogP contribution in [0.5, 0.6) is 23.0 Å². The van der Waals surface area contributed by atoms with E-state index in [9.17, 15) is 20.1 Å². The minimum atomic E-state index is -1.14. The molecule has 3 aromatic rings. The Bertz CT molecular complexity index is 1100. The molecule has 0 aliphatic rings. The Labute approximate surface area is 204 Å². The molecule has 0 amide bonds. The third-order valence-electron chi connectivity index (χ3n) is 5.47. The fourth-order valence-corrected chi connectivity index (χ4v) is 3.46. The van der Waals surface area contributed by atoms with Crippen molar-refractivity contribution in [2.24, 2.45) is 0 Å². The van der Waals surface area contributed by atoms with Crippen LogP contribution in [0.3, 0.4) is 0 Å². The van der Waals surface area contributed by atoms with Crippen LogP contribution in [0.1, 0.15) is 27.6 Å². The average molecular weight is 483 g/mol. The van der Waals surface area contributed by atoms with Crippen molar-refractivity contribution in [1.82, 2.24) is 0 Å². The molecule has 0 radical (unpaired) electrons. The molecular weight excluding hydrogens is 452 g/mol. The maximum Gasteiger partial charge on any atom is 0.205 e. The summed E-state index contributed by atoms with van der Waals surface area (Å²) in [5, 5.41) is 30.2. The molecule has 3 N–H and O–H groups in total. The van der Waals surface area contributed by atoms with Crippen molar-refractivity contribution in [3.05, 3.63) is 83.4 Å². The Morgan fingerprint density at radius 3 is 1.97 bits per heavy atom. The van der Waals surface area contributed by atoms with Crippen molar-refractivity contribution >= 4 is 5.78 Å². The molecule has 0 fully saturated rings. The fraction of sp³-hybridized carbons (Fsp3) is 0.296. The highest BCUT2D eigenvalue weighted by molar-refractivity contribution is 6.00. The molecule has 8 nitrogen and oxygen atoms in total. The van der Waals surface area contributed by atoms with Crippen molar-refractivity contribution in [1.29, 1.82) is 0 Å². The van der Waals surface area contributed by atoms with E-state index >= 15 is 0 Å². The molecule has 0 aliphatic carbocycles. The average Bonchev–Trinajstić information content (AvgIpc) is 2.90. The van der Waals surface area contributed by atoms with Crippen LogP contribution in [-0.2, 0) is 0 Å². The van der Waals surface area contributed by atoms with E-state index in [4.69, 9.17) is 18.9 Å². The fourth-order valence-electron chi connectivity index (χ4n) is 3.46. The molecule has 3 rings (SSSR count). The highest BCUT2D eigenvalue weighted by Crippen LogP contribution is 2.29. The van der Waals surface area contributed by atoms with E-state index in [1.165, 1.54) is 20.3 Å². The van der Waals surface area contributed by atoms with E-state index in [1.54, 1.807) is 48.5 Å². The predicted octanol–water partition coefficient (Wildman–Crippen LogP) is 3.11. The Morgan fingerprint density at radius 1 is 0.800 bits per heavy atom. The molecular formula is C27H30O8. The van der Waals surface area contributed by atoms with Gasteiger partial charge in [-0.3, -0.25) is 4.79 Å². The summed E-state index contributed by atoms with van der Waals surface area (Å²) in [7, 11) is 2.96. The Morgan fingerprint density at radius 2 is 1.40 bits per heavy atom. The van der Waals surface area contributed by atoms with E-state index in [0.29, 0.717) is 34.1 Å². The van der Waals surface area contributed by atoms with Crippen molar-refractivity contribution in [3.63, 3.8) is 0 Å². The highest BCUT2D eigenvalue weighted by atomic mass is 16.5. The summed E-state index contributed by atoms with van der Waals surface area (Å²) in [6.07, 6.45) is -3.11. The van der Waals surface area contributed by atoms with E-state index < -0.39 is 30.7 Å². The lowest BCUT2D eigenvalue weighted by Crippen LogP contribution is -2.31. The first kappa shape index (κ1) is 26.0. The predicted molar refractivity (Wildman–Crippen MR) is 129 cm³/mol.